The molecule has 18 heavy (non-hydrogen) atoms. The molecule has 0 heterocycles. The summed E-state index contributed by atoms with van der Waals surface area (Å²) in [4.78, 5) is 11.8. The van der Waals surface area contributed by atoms with E-state index in [2.05, 4.69) is 10.5 Å². The molecule has 0 bridgehead atoms. The minimum Gasteiger partial charge on any atom is -0.267 e. The highest BCUT2D eigenvalue weighted by Crippen LogP contribution is 2.21. The zero-order valence-electron chi connectivity index (χ0n) is 10.2. The Kier molecular flexibility index (Phi) is 4.76. The normalized spacial score (nSPS) is 16.9. The van der Waals surface area contributed by atoms with Gasteiger partial charge in [0.05, 0.1) is 0 Å². The van der Waals surface area contributed by atoms with Gasteiger partial charge in [-0.1, -0.05) is 36.9 Å². The maximum atomic E-state index is 11.8. The molecule has 2 rings (SSSR count). The molecule has 0 aromatic heterocycles. The standard InChI is InChI=1S/C14H17ClN2O/c15-13-8-4-7-12(9-13)14(18)17-16-10-11-5-2-1-3-6-11/h4,7-11H,1-3,5-6H2,(H,17,18). The van der Waals surface area contributed by atoms with E-state index in [4.69, 9.17) is 11.6 Å². The van der Waals surface area contributed by atoms with Gasteiger partial charge in [0.2, 0.25) is 0 Å². The Hall–Kier alpha value is -1.35. The highest BCUT2D eigenvalue weighted by Gasteiger charge is 2.11. The smallest absolute Gasteiger partial charge is 0.267 e. The van der Waals surface area contributed by atoms with Gasteiger partial charge >= 0.3 is 0 Å². The molecule has 1 fully saturated rings. The number of nitrogens with one attached hydrogen (secondary N) is 1. The lowest BCUT2D eigenvalue weighted by Crippen LogP contribution is -2.19. The van der Waals surface area contributed by atoms with Gasteiger partial charge in [-0.3, -0.25) is 4.79 Å². The molecule has 3 nitrogen and oxygen atoms in total. The van der Waals surface area contributed by atoms with Crippen LogP contribution in [-0.2, 0) is 0 Å². The molecule has 0 aliphatic heterocycles. The summed E-state index contributed by atoms with van der Waals surface area (Å²) in [5.41, 5.74) is 3.08. The second-order valence-corrected chi connectivity index (χ2v) is 5.06. The van der Waals surface area contributed by atoms with Gasteiger partial charge in [-0.25, -0.2) is 5.43 Å². The van der Waals surface area contributed by atoms with Crippen LogP contribution in [-0.4, -0.2) is 12.1 Å². The lowest BCUT2D eigenvalue weighted by molar-refractivity contribution is 0.0955. The van der Waals surface area contributed by atoms with Crippen molar-refractivity contribution in [3.8, 4) is 0 Å². The maximum Gasteiger partial charge on any atom is 0.271 e. The number of amides is 1. The van der Waals surface area contributed by atoms with E-state index in [1.54, 1.807) is 24.3 Å². The van der Waals surface area contributed by atoms with Crippen molar-refractivity contribution < 1.29 is 4.79 Å². The van der Waals surface area contributed by atoms with Crippen LogP contribution in [0.5, 0.6) is 0 Å². The molecule has 1 aliphatic rings. The van der Waals surface area contributed by atoms with Gasteiger partial charge in [0.25, 0.3) is 5.91 Å². The average molecular weight is 265 g/mol. The van der Waals surface area contributed by atoms with Crippen molar-refractivity contribution in [2.45, 2.75) is 32.1 Å². The SMILES string of the molecule is O=C(NN=CC1CCCCC1)c1cccc(Cl)c1. The molecule has 0 spiro atoms. The fourth-order valence-corrected chi connectivity index (χ4v) is 2.37. The van der Waals surface area contributed by atoms with Crippen LogP contribution >= 0.6 is 11.6 Å². The predicted octanol–water partition coefficient (Wildman–Crippen LogP) is 3.64. The van der Waals surface area contributed by atoms with Crippen molar-refractivity contribution in [2.24, 2.45) is 11.0 Å². The number of hydrogen-bond donors (Lipinski definition) is 1. The van der Waals surface area contributed by atoms with Crippen LogP contribution in [0.4, 0.5) is 0 Å². The summed E-state index contributed by atoms with van der Waals surface area (Å²) in [5, 5.41) is 4.59. The van der Waals surface area contributed by atoms with Crippen molar-refractivity contribution in [1.29, 1.82) is 0 Å². The summed E-state index contributed by atoms with van der Waals surface area (Å²) in [7, 11) is 0. The van der Waals surface area contributed by atoms with E-state index in [0.29, 0.717) is 16.5 Å². The first-order valence-corrected chi connectivity index (χ1v) is 6.72. The number of hydrazone groups is 1. The van der Waals surface area contributed by atoms with Crippen LogP contribution in [0.25, 0.3) is 0 Å². The van der Waals surface area contributed by atoms with E-state index in [1.807, 2.05) is 6.21 Å². The van der Waals surface area contributed by atoms with Crippen molar-refractivity contribution in [1.82, 2.24) is 5.43 Å². The van der Waals surface area contributed by atoms with Crippen LogP contribution < -0.4 is 5.43 Å². The molecule has 1 N–H and O–H groups in total. The molecule has 0 radical (unpaired) electrons. The van der Waals surface area contributed by atoms with Crippen molar-refractivity contribution in [2.75, 3.05) is 0 Å². The number of halogens is 1. The van der Waals surface area contributed by atoms with Gasteiger partial charge in [0, 0.05) is 16.8 Å². The van der Waals surface area contributed by atoms with E-state index >= 15 is 0 Å². The quantitative estimate of drug-likeness (QED) is 0.657. The Bertz CT molecular complexity index is 439. The third kappa shape index (κ3) is 3.84. The second kappa shape index (κ2) is 6.55. The Labute approximate surface area is 112 Å². The molecule has 96 valence electrons. The van der Waals surface area contributed by atoms with E-state index in [1.165, 1.54) is 32.1 Å². The first kappa shape index (κ1) is 13.1. The second-order valence-electron chi connectivity index (χ2n) is 4.63. The Balaban J connectivity index is 1.86. The van der Waals surface area contributed by atoms with Crippen LogP contribution in [0.1, 0.15) is 42.5 Å². The topological polar surface area (TPSA) is 41.5 Å². The van der Waals surface area contributed by atoms with Crippen LogP contribution in [0.15, 0.2) is 29.4 Å². The van der Waals surface area contributed by atoms with Crippen molar-refractivity contribution in [3.05, 3.63) is 34.9 Å². The molecule has 0 unspecified atom stereocenters. The molecule has 1 aromatic carbocycles. The predicted molar refractivity (Wildman–Crippen MR) is 74.0 cm³/mol. The molecule has 1 amide bonds. The Morgan fingerprint density at radius 1 is 1.33 bits per heavy atom. The third-order valence-corrected chi connectivity index (χ3v) is 3.42. The molecule has 1 aliphatic carbocycles. The largest absolute Gasteiger partial charge is 0.271 e. The number of rotatable bonds is 3. The van der Waals surface area contributed by atoms with Gasteiger partial charge in [-0.05, 0) is 37.0 Å². The molecule has 1 saturated carbocycles. The minimum atomic E-state index is -0.218. The number of carbonyl (C=O) groups is 1. The van der Waals surface area contributed by atoms with Crippen LogP contribution in [0.2, 0.25) is 5.02 Å². The van der Waals surface area contributed by atoms with Crippen molar-refractivity contribution >= 4 is 23.7 Å². The van der Waals surface area contributed by atoms with E-state index in [9.17, 15) is 4.79 Å². The number of carbonyl (C=O) groups excluding carboxylic acids is 1. The fraction of sp³-hybridized carbons (Fsp3) is 0.429. The summed E-state index contributed by atoms with van der Waals surface area (Å²) in [6.07, 6.45) is 8.06. The van der Waals surface area contributed by atoms with E-state index in [-0.39, 0.29) is 5.91 Å². The first-order valence-electron chi connectivity index (χ1n) is 6.35. The summed E-state index contributed by atoms with van der Waals surface area (Å²) in [5.74, 6) is 0.294. The van der Waals surface area contributed by atoms with E-state index < -0.39 is 0 Å². The zero-order valence-corrected chi connectivity index (χ0v) is 11.0. The molecular formula is C14H17ClN2O. The summed E-state index contributed by atoms with van der Waals surface area (Å²) >= 11 is 5.83. The lowest BCUT2D eigenvalue weighted by Gasteiger charge is -2.16. The van der Waals surface area contributed by atoms with Gasteiger partial charge in [-0.15, -0.1) is 0 Å². The van der Waals surface area contributed by atoms with E-state index in [0.717, 1.165) is 0 Å². The molecule has 1 aromatic rings. The highest BCUT2D eigenvalue weighted by molar-refractivity contribution is 6.30. The lowest BCUT2D eigenvalue weighted by atomic mass is 9.90. The maximum absolute atomic E-state index is 11.8. The van der Waals surface area contributed by atoms with Gasteiger partial charge in [0.15, 0.2) is 0 Å². The highest BCUT2D eigenvalue weighted by atomic mass is 35.5. The number of nitrogens with zero attached hydrogens (tertiary/aromatic N) is 1. The van der Waals surface area contributed by atoms with Crippen LogP contribution in [0.3, 0.4) is 0 Å². The van der Waals surface area contributed by atoms with Gasteiger partial charge in [0.1, 0.15) is 0 Å². The fourth-order valence-electron chi connectivity index (χ4n) is 2.18. The summed E-state index contributed by atoms with van der Waals surface area (Å²) < 4.78 is 0. The molecule has 0 saturated heterocycles. The Morgan fingerprint density at radius 3 is 2.83 bits per heavy atom. The van der Waals surface area contributed by atoms with Crippen LogP contribution in [0, 0.1) is 5.92 Å². The summed E-state index contributed by atoms with van der Waals surface area (Å²) in [6, 6.07) is 6.84. The van der Waals surface area contributed by atoms with Gasteiger partial charge < -0.3 is 0 Å². The van der Waals surface area contributed by atoms with Gasteiger partial charge in [-0.2, -0.15) is 5.10 Å². The number of benzene rings is 1. The minimum absolute atomic E-state index is 0.218. The average Bonchev–Trinajstić information content (AvgIpc) is 2.40. The first-order chi connectivity index (χ1) is 8.75. The monoisotopic (exact) mass is 264 g/mol. The Morgan fingerprint density at radius 2 is 2.11 bits per heavy atom. The molecule has 4 heteroatoms. The number of hydrogen-bond acceptors (Lipinski definition) is 2. The zero-order chi connectivity index (χ0) is 12.8. The van der Waals surface area contributed by atoms with Crippen molar-refractivity contribution in [3.63, 3.8) is 0 Å². The molecular weight excluding hydrogens is 248 g/mol. The third-order valence-electron chi connectivity index (χ3n) is 3.19. The molecule has 0 atom stereocenters. The summed E-state index contributed by atoms with van der Waals surface area (Å²) in [6.45, 7) is 0.